The van der Waals surface area contributed by atoms with Gasteiger partial charge in [-0.1, -0.05) is 36.4 Å². The molecular weight excluding hydrogens is 353 g/mol. The first-order valence-electron chi connectivity index (χ1n) is 8.78. The number of ether oxygens (including phenoxy) is 1. The van der Waals surface area contributed by atoms with Crippen LogP contribution in [-0.4, -0.2) is 12.1 Å². The van der Waals surface area contributed by atoms with Crippen LogP contribution in [0, 0.1) is 0 Å². The zero-order valence-corrected chi connectivity index (χ0v) is 14.6. The van der Waals surface area contributed by atoms with Crippen LogP contribution in [0.25, 0.3) is 11.6 Å². The SMILES string of the molecule is O=C(/C=C/c1ccc(C2=CCCCC2)cc1)c1ccc(OC(F)(F)F)cc1. The summed E-state index contributed by atoms with van der Waals surface area (Å²) in [6.45, 7) is 0. The smallest absolute Gasteiger partial charge is 0.406 e. The summed E-state index contributed by atoms with van der Waals surface area (Å²) >= 11 is 0. The van der Waals surface area contributed by atoms with E-state index >= 15 is 0 Å². The van der Waals surface area contributed by atoms with Gasteiger partial charge in [0.05, 0.1) is 0 Å². The Labute approximate surface area is 156 Å². The number of benzene rings is 2. The van der Waals surface area contributed by atoms with Crippen molar-refractivity contribution < 1.29 is 22.7 Å². The number of hydrogen-bond donors (Lipinski definition) is 0. The second kappa shape index (κ2) is 8.25. The molecule has 27 heavy (non-hydrogen) atoms. The fourth-order valence-corrected chi connectivity index (χ4v) is 3.00. The van der Waals surface area contributed by atoms with E-state index in [1.165, 1.54) is 42.2 Å². The molecule has 0 aromatic heterocycles. The van der Waals surface area contributed by atoms with Gasteiger partial charge in [-0.25, -0.2) is 0 Å². The fourth-order valence-electron chi connectivity index (χ4n) is 3.00. The van der Waals surface area contributed by atoms with Gasteiger partial charge < -0.3 is 4.74 Å². The summed E-state index contributed by atoms with van der Waals surface area (Å²) in [6.07, 6.45) is 5.33. The Balaban J connectivity index is 1.63. The van der Waals surface area contributed by atoms with Crippen LogP contribution in [0.2, 0.25) is 0 Å². The van der Waals surface area contributed by atoms with Crippen molar-refractivity contribution in [2.75, 3.05) is 0 Å². The van der Waals surface area contributed by atoms with Crippen LogP contribution < -0.4 is 4.74 Å². The minimum absolute atomic E-state index is 0.285. The maximum absolute atomic E-state index is 12.2. The first-order chi connectivity index (χ1) is 12.9. The van der Waals surface area contributed by atoms with E-state index in [4.69, 9.17) is 0 Å². The number of alkyl halides is 3. The average molecular weight is 372 g/mol. The van der Waals surface area contributed by atoms with E-state index in [1.54, 1.807) is 6.08 Å². The van der Waals surface area contributed by atoms with Gasteiger partial charge in [0.25, 0.3) is 0 Å². The third-order valence-electron chi connectivity index (χ3n) is 4.37. The number of hydrogen-bond acceptors (Lipinski definition) is 2. The maximum atomic E-state index is 12.2. The highest BCUT2D eigenvalue weighted by Gasteiger charge is 2.31. The van der Waals surface area contributed by atoms with Gasteiger partial charge in [0.1, 0.15) is 5.75 Å². The highest BCUT2D eigenvalue weighted by atomic mass is 19.4. The first kappa shape index (κ1) is 19.0. The van der Waals surface area contributed by atoms with Crippen LogP contribution in [0.15, 0.2) is 60.7 Å². The van der Waals surface area contributed by atoms with Crippen molar-refractivity contribution in [1.82, 2.24) is 0 Å². The Bertz CT molecular complexity index is 845. The van der Waals surface area contributed by atoms with Gasteiger partial charge in [0.15, 0.2) is 5.78 Å². The molecule has 0 spiro atoms. The largest absolute Gasteiger partial charge is 0.573 e. The summed E-state index contributed by atoms with van der Waals surface area (Å²) < 4.78 is 40.2. The zero-order chi connectivity index (χ0) is 19.3. The zero-order valence-electron chi connectivity index (χ0n) is 14.6. The molecule has 0 saturated heterocycles. The summed E-state index contributed by atoms with van der Waals surface area (Å²) in [6, 6.07) is 12.9. The first-order valence-corrected chi connectivity index (χ1v) is 8.78. The molecule has 0 bridgehead atoms. The van der Waals surface area contributed by atoms with Crippen LogP contribution in [-0.2, 0) is 0 Å². The third-order valence-corrected chi connectivity index (χ3v) is 4.37. The lowest BCUT2D eigenvalue weighted by Crippen LogP contribution is -2.17. The van der Waals surface area contributed by atoms with E-state index in [9.17, 15) is 18.0 Å². The van der Waals surface area contributed by atoms with Gasteiger partial charge in [-0.05, 0) is 72.7 Å². The number of carbonyl (C=O) groups excluding carboxylic acids is 1. The molecule has 0 heterocycles. The van der Waals surface area contributed by atoms with Crippen molar-refractivity contribution in [3.8, 4) is 5.75 Å². The molecule has 0 aliphatic heterocycles. The van der Waals surface area contributed by atoms with Crippen LogP contribution >= 0.6 is 0 Å². The van der Waals surface area contributed by atoms with E-state index in [-0.39, 0.29) is 11.5 Å². The van der Waals surface area contributed by atoms with Crippen molar-refractivity contribution in [2.24, 2.45) is 0 Å². The summed E-state index contributed by atoms with van der Waals surface area (Å²) in [4.78, 5) is 12.2. The van der Waals surface area contributed by atoms with Crippen LogP contribution in [0.4, 0.5) is 13.2 Å². The Morgan fingerprint density at radius 1 is 0.963 bits per heavy atom. The van der Waals surface area contributed by atoms with Crippen LogP contribution in [0.1, 0.15) is 47.2 Å². The number of allylic oxidation sites excluding steroid dienone is 3. The molecule has 0 radical (unpaired) electrons. The van der Waals surface area contributed by atoms with E-state index in [0.717, 1.165) is 30.5 Å². The summed E-state index contributed by atoms with van der Waals surface area (Å²) in [5.41, 5.74) is 3.76. The van der Waals surface area contributed by atoms with Crippen molar-refractivity contribution in [2.45, 2.75) is 32.0 Å². The Morgan fingerprint density at radius 3 is 2.26 bits per heavy atom. The third kappa shape index (κ3) is 5.58. The topological polar surface area (TPSA) is 26.3 Å². The van der Waals surface area contributed by atoms with Gasteiger partial charge in [0, 0.05) is 5.56 Å². The molecule has 1 aliphatic rings. The summed E-state index contributed by atoms with van der Waals surface area (Å²) in [5.74, 6) is -0.636. The molecule has 0 fully saturated rings. The Hall–Kier alpha value is -2.82. The predicted molar refractivity (Wildman–Crippen MR) is 99.4 cm³/mol. The number of carbonyl (C=O) groups is 1. The molecule has 5 heteroatoms. The van der Waals surface area contributed by atoms with E-state index in [0.29, 0.717) is 5.56 Å². The van der Waals surface area contributed by atoms with Crippen LogP contribution in [0.5, 0.6) is 5.75 Å². The minimum atomic E-state index is -4.74. The van der Waals surface area contributed by atoms with E-state index in [2.05, 4.69) is 10.8 Å². The van der Waals surface area contributed by atoms with Crippen LogP contribution in [0.3, 0.4) is 0 Å². The quantitative estimate of drug-likeness (QED) is 0.446. The molecule has 140 valence electrons. The molecular formula is C22H19F3O2. The second-order valence-electron chi connectivity index (χ2n) is 6.37. The minimum Gasteiger partial charge on any atom is -0.406 e. The van der Waals surface area contributed by atoms with Crippen molar-refractivity contribution in [1.29, 1.82) is 0 Å². The predicted octanol–water partition coefficient (Wildman–Crippen LogP) is 6.44. The number of rotatable bonds is 5. The monoisotopic (exact) mass is 372 g/mol. The number of halogens is 3. The molecule has 0 amide bonds. The molecule has 0 atom stereocenters. The van der Waals surface area contributed by atoms with Gasteiger partial charge in [-0.2, -0.15) is 0 Å². The van der Waals surface area contributed by atoms with E-state index < -0.39 is 6.36 Å². The second-order valence-corrected chi connectivity index (χ2v) is 6.37. The highest BCUT2D eigenvalue weighted by molar-refractivity contribution is 6.06. The molecule has 2 aromatic rings. The molecule has 2 aromatic carbocycles. The fraction of sp³-hybridized carbons (Fsp3) is 0.227. The van der Waals surface area contributed by atoms with Gasteiger partial charge in [-0.15, -0.1) is 13.2 Å². The molecule has 2 nitrogen and oxygen atoms in total. The highest BCUT2D eigenvalue weighted by Crippen LogP contribution is 2.27. The summed E-state index contributed by atoms with van der Waals surface area (Å²) in [5, 5.41) is 0. The lowest BCUT2D eigenvalue weighted by atomic mass is 9.93. The van der Waals surface area contributed by atoms with Crippen molar-refractivity contribution >= 4 is 17.4 Å². The maximum Gasteiger partial charge on any atom is 0.573 e. The number of ketones is 1. The summed E-state index contributed by atoms with van der Waals surface area (Å²) in [7, 11) is 0. The molecule has 3 rings (SSSR count). The van der Waals surface area contributed by atoms with Gasteiger partial charge in [-0.3, -0.25) is 4.79 Å². The molecule has 0 unspecified atom stereocenters. The lowest BCUT2D eigenvalue weighted by Gasteiger charge is -2.12. The van der Waals surface area contributed by atoms with Crippen molar-refractivity contribution in [3.63, 3.8) is 0 Å². The Morgan fingerprint density at radius 2 is 1.67 bits per heavy atom. The van der Waals surface area contributed by atoms with Gasteiger partial charge >= 0.3 is 6.36 Å². The normalized spacial score (nSPS) is 14.9. The van der Waals surface area contributed by atoms with Crippen molar-refractivity contribution in [3.05, 3.63) is 77.4 Å². The molecule has 0 N–H and O–H groups in total. The molecule has 0 saturated carbocycles. The molecule has 1 aliphatic carbocycles. The standard InChI is InChI=1S/C22H19F3O2/c23-22(24,25)27-20-13-11-19(12-14-20)21(26)15-8-16-6-9-18(10-7-16)17-4-2-1-3-5-17/h4,6-15H,1-3,5H2/b15-8+. The van der Waals surface area contributed by atoms with E-state index in [1.807, 2.05) is 24.3 Å². The van der Waals surface area contributed by atoms with Gasteiger partial charge in [0.2, 0.25) is 0 Å². The Kier molecular flexibility index (Phi) is 5.79. The average Bonchev–Trinajstić information content (AvgIpc) is 2.66. The lowest BCUT2D eigenvalue weighted by molar-refractivity contribution is -0.274.